The normalized spacial score (nSPS) is 21.8. The summed E-state index contributed by atoms with van der Waals surface area (Å²) in [7, 11) is -0.139. The molecule has 128 valence electrons. The summed E-state index contributed by atoms with van der Waals surface area (Å²) < 4.78 is 41.1. The Morgan fingerprint density at radius 1 is 1.35 bits per heavy atom. The molecule has 9 heteroatoms. The molecule has 0 radical (unpaired) electrons. The summed E-state index contributed by atoms with van der Waals surface area (Å²) in [5.74, 6) is -0.905. The van der Waals surface area contributed by atoms with E-state index in [1.54, 1.807) is 0 Å². The standard InChI is InChI=1S/C14H20FN3O4S/c1-9-13(15)7-12(8-14(9)18(19)20)23(21,22)16-10-4-5-11(6-10)17(2)3/h7-8,10-11,16H,4-6H2,1-3H3/t10-,11+/m0/s1. The third-order valence-corrected chi connectivity index (χ3v) is 5.75. The maximum absolute atomic E-state index is 13.8. The number of nitro benzene ring substituents is 1. The summed E-state index contributed by atoms with van der Waals surface area (Å²) in [4.78, 5) is 11.8. The van der Waals surface area contributed by atoms with Crippen LogP contribution in [-0.4, -0.2) is 44.4 Å². The van der Waals surface area contributed by atoms with Crippen LogP contribution < -0.4 is 4.72 Å². The maximum atomic E-state index is 13.8. The lowest BCUT2D eigenvalue weighted by Crippen LogP contribution is -2.35. The van der Waals surface area contributed by atoms with Crippen molar-refractivity contribution in [3.8, 4) is 0 Å². The molecule has 2 atom stereocenters. The highest BCUT2D eigenvalue weighted by molar-refractivity contribution is 7.89. The van der Waals surface area contributed by atoms with E-state index in [2.05, 4.69) is 4.72 Å². The summed E-state index contributed by atoms with van der Waals surface area (Å²) in [6.07, 6.45) is 2.20. The van der Waals surface area contributed by atoms with Gasteiger partial charge in [-0.1, -0.05) is 0 Å². The second kappa shape index (κ2) is 6.50. The lowest BCUT2D eigenvalue weighted by atomic mass is 10.2. The van der Waals surface area contributed by atoms with Crippen LogP contribution in [0.25, 0.3) is 0 Å². The second-order valence-corrected chi connectivity index (χ2v) is 7.77. The number of hydrogen-bond donors (Lipinski definition) is 1. The van der Waals surface area contributed by atoms with Gasteiger partial charge in [-0.25, -0.2) is 17.5 Å². The molecule has 0 heterocycles. The molecule has 1 fully saturated rings. The largest absolute Gasteiger partial charge is 0.306 e. The van der Waals surface area contributed by atoms with E-state index < -0.39 is 31.3 Å². The predicted molar refractivity (Wildman–Crippen MR) is 83.2 cm³/mol. The van der Waals surface area contributed by atoms with Crippen LogP contribution in [0, 0.1) is 22.9 Å². The van der Waals surface area contributed by atoms with Gasteiger partial charge in [0.05, 0.1) is 15.4 Å². The molecule has 2 rings (SSSR count). The monoisotopic (exact) mass is 345 g/mol. The Morgan fingerprint density at radius 2 is 2.00 bits per heavy atom. The molecule has 0 unspecified atom stereocenters. The van der Waals surface area contributed by atoms with Crippen LogP contribution in [0.3, 0.4) is 0 Å². The minimum Gasteiger partial charge on any atom is -0.306 e. The molecular formula is C14H20FN3O4S. The molecule has 1 N–H and O–H groups in total. The predicted octanol–water partition coefficient (Wildman–Crippen LogP) is 1.80. The zero-order valence-corrected chi connectivity index (χ0v) is 14.1. The number of nitrogens with zero attached hydrogens (tertiary/aromatic N) is 2. The average molecular weight is 345 g/mol. The number of benzene rings is 1. The number of nitro groups is 1. The van der Waals surface area contributed by atoms with E-state index >= 15 is 0 Å². The molecule has 1 aromatic carbocycles. The SMILES string of the molecule is Cc1c(F)cc(S(=O)(=O)N[C@H]2CC[C@@H](N(C)C)C2)cc1[N+](=O)[O-]. The van der Waals surface area contributed by atoms with E-state index in [-0.39, 0.29) is 17.6 Å². The average Bonchev–Trinajstić information content (AvgIpc) is 2.89. The van der Waals surface area contributed by atoms with Crippen LogP contribution in [0.1, 0.15) is 24.8 Å². The van der Waals surface area contributed by atoms with Gasteiger partial charge in [-0.15, -0.1) is 0 Å². The third-order valence-electron chi connectivity index (χ3n) is 4.25. The van der Waals surface area contributed by atoms with Crippen molar-refractivity contribution in [1.29, 1.82) is 0 Å². The number of halogens is 1. The van der Waals surface area contributed by atoms with Crippen molar-refractivity contribution >= 4 is 15.7 Å². The fraction of sp³-hybridized carbons (Fsp3) is 0.571. The summed E-state index contributed by atoms with van der Waals surface area (Å²) in [5, 5.41) is 10.9. The van der Waals surface area contributed by atoms with Crippen LogP contribution in [-0.2, 0) is 10.0 Å². The summed E-state index contributed by atoms with van der Waals surface area (Å²) in [6, 6.07) is 1.75. The smallest absolute Gasteiger partial charge is 0.276 e. The minimum atomic E-state index is -4.00. The molecule has 0 amide bonds. The van der Waals surface area contributed by atoms with Crippen molar-refractivity contribution in [3.05, 3.63) is 33.6 Å². The minimum absolute atomic E-state index is 0.178. The zero-order chi connectivity index (χ0) is 17.4. The molecule has 0 saturated heterocycles. The van der Waals surface area contributed by atoms with Gasteiger partial charge in [-0.2, -0.15) is 0 Å². The number of nitrogens with one attached hydrogen (secondary N) is 1. The van der Waals surface area contributed by atoms with Crippen molar-refractivity contribution in [1.82, 2.24) is 9.62 Å². The van der Waals surface area contributed by atoms with E-state index in [0.29, 0.717) is 12.8 Å². The summed E-state index contributed by atoms with van der Waals surface area (Å²) >= 11 is 0. The van der Waals surface area contributed by atoms with Crippen LogP contribution in [0.15, 0.2) is 17.0 Å². The van der Waals surface area contributed by atoms with Gasteiger partial charge in [0.25, 0.3) is 5.69 Å². The van der Waals surface area contributed by atoms with Gasteiger partial charge in [0.2, 0.25) is 10.0 Å². The van der Waals surface area contributed by atoms with Crippen LogP contribution in [0.4, 0.5) is 10.1 Å². The van der Waals surface area contributed by atoms with Crippen molar-refractivity contribution in [2.45, 2.75) is 43.2 Å². The van der Waals surface area contributed by atoms with Gasteiger partial charge in [0, 0.05) is 18.2 Å². The molecule has 1 aliphatic rings. The van der Waals surface area contributed by atoms with Crippen molar-refractivity contribution in [2.75, 3.05) is 14.1 Å². The first-order valence-electron chi connectivity index (χ1n) is 7.25. The van der Waals surface area contributed by atoms with Crippen molar-refractivity contribution in [2.24, 2.45) is 0 Å². The van der Waals surface area contributed by atoms with Crippen molar-refractivity contribution < 1.29 is 17.7 Å². The summed E-state index contributed by atoms with van der Waals surface area (Å²) in [5.41, 5.74) is -0.717. The van der Waals surface area contributed by atoms with Gasteiger partial charge in [0.1, 0.15) is 5.82 Å². The van der Waals surface area contributed by atoms with Crippen LogP contribution in [0.2, 0.25) is 0 Å². The van der Waals surface area contributed by atoms with E-state index in [4.69, 9.17) is 0 Å². The van der Waals surface area contributed by atoms with Gasteiger partial charge >= 0.3 is 0 Å². The Kier molecular flexibility index (Phi) is 5.02. The molecule has 0 spiro atoms. The fourth-order valence-corrected chi connectivity index (χ4v) is 4.12. The number of sulfonamides is 1. The Labute approximate surface area is 134 Å². The quantitative estimate of drug-likeness (QED) is 0.649. The van der Waals surface area contributed by atoms with E-state index in [1.165, 1.54) is 6.92 Å². The molecule has 0 aromatic heterocycles. The molecule has 1 saturated carbocycles. The van der Waals surface area contributed by atoms with Gasteiger partial charge in [-0.05, 0) is 46.3 Å². The van der Waals surface area contributed by atoms with Crippen LogP contribution >= 0.6 is 0 Å². The Hall–Kier alpha value is -1.58. The molecule has 1 aromatic rings. The van der Waals surface area contributed by atoms with Gasteiger partial charge in [-0.3, -0.25) is 10.1 Å². The lowest BCUT2D eigenvalue weighted by Gasteiger charge is -2.19. The Balaban J connectivity index is 2.25. The van der Waals surface area contributed by atoms with E-state index in [0.717, 1.165) is 18.6 Å². The number of hydrogen-bond acceptors (Lipinski definition) is 5. The van der Waals surface area contributed by atoms with E-state index in [1.807, 2.05) is 19.0 Å². The van der Waals surface area contributed by atoms with Gasteiger partial charge < -0.3 is 4.90 Å². The Bertz CT molecular complexity index is 721. The number of rotatable bonds is 5. The highest BCUT2D eigenvalue weighted by Crippen LogP contribution is 2.27. The lowest BCUT2D eigenvalue weighted by molar-refractivity contribution is -0.385. The summed E-state index contributed by atoms with van der Waals surface area (Å²) in [6.45, 7) is 1.25. The second-order valence-electron chi connectivity index (χ2n) is 6.06. The third kappa shape index (κ3) is 3.85. The first kappa shape index (κ1) is 17.8. The molecule has 23 heavy (non-hydrogen) atoms. The van der Waals surface area contributed by atoms with E-state index in [9.17, 15) is 22.9 Å². The topological polar surface area (TPSA) is 92.6 Å². The Morgan fingerprint density at radius 3 is 2.52 bits per heavy atom. The molecule has 1 aliphatic carbocycles. The van der Waals surface area contributed by atoms with Crippen LogP contribution in [0.5, 0.6) is 0 Å². The zero-order valence-electron chi connectivity index (χ0n) is 13.2. The van der Waals surface area contributed by atoms with Crippen molar-refractivity contribution in [3.63, 3.8) is 0 Å². The highest BCUT2D eigenvalue weighted by Gasteiger charge is 2.31. The fourth-order valence-electron chi connectivity index (χ4n) is 2.81. The molecule has 0 aliphatic heterocycles. The van der Waals surface area contributed by atoms with Gasteiger partial charge in [0.15, 0.2) is 0 Å². The molecule has 0 bridgehead atoms. The molecule has 7 nitrogen and oxygen atoms in total. The first-order valence-corrected chi connectivity index (χ1v) is 8.73. The maximum Gasteiger partial charge on any atom is 0.276 e. The molecular weight excluding hydrogens is 325 g/mol. The highest BCUT2D eigenvalue weighted by atomic mass is 32.2. The first-order chi connectivity index (χ1) is 10.6.